The molecule has 0 bridgehead atoms. The van der Waals surface area contributed by atoms with Crippen molar-refractivity contribution >= 4 is 52.6 Å². The van der Waals surface area contributed by atoms with E-state index in [4.69, 9.17) is 0 Å². The molecule has 26 heavy (non-hydrogen) atoms. The number of aromatic nitrogens is 1. The second-order valence-corrected chi connectivity index (χ2v) is 8.43. The minimum Gasteiger partial charge on any atom is -0.356 e. The van der Waals surface area contributed by atoms with Crippen LogP contribution >= 0.6 is 46.7 Å². The van der Waals surface area contributed by atoms with Gasteiger partial charge < -0.3 is 10.6 Å². The van der Waals surface area contributed by atoms with Crippen LogP contribution in [0.4, 0.5) is 0 Å². The number of guanidine groups is 1. The number of thiophene rings is 1. The van der Waals surface area contributed by atoms with Crippen LogP contribution in [0.1, 0.15) is 34.3 Å². The summed E-state index contributed by atoms with van der Waals surface area (Å²) in [4.78, 5) is 13.9. The molecule has 2 aromatic heterocycles. The number of nitrogens with zero attached hydrogens (tertiary/aromatic N) is 3. The van der Waals surface area contributed by atoms with Gasteiger partial charge in [-0.15, -0.1) is 46.7 Å². The molecule has 3 heterocycles. The molecule has 0 amide bonds. The van der Waals surface area contributed by atoms with Crippen molar-refractivity contribution in [1.82, 2.24) is 20.5 Å². The second kappa shape index (κ2) is 10.6. The maximum Gasteiger partial charge on any atom is 0.191 e. The van der Waals surface area contributed by atoms with Gasteiger partial charge in [0.25, 0.3) is 0 Å². The Morgan fingerprint density at radius 1 is 1.38 bits per heavy atom. The number of hydrogen-bond donors (Lipinski definition) is 2. The van der Waals surface area contributed by atoms with Crippen LogP contribution in [0.3, 0.4) is 0 Å². The molecule has 2 atom stereocenters. The van der Waals surface area contributed by atoms with Crippen LogP contribution in [0.2, 0.25) is 0 Å². The summed E-state index contributed by atoms with van der Waals surface area (Å²) in [5, 5.41) is 9.13. The number of piperidine rings is 1. The molecule has 2 aromatic rings. The van der Waals surface area contributed by atoms with Crippen molar-refractivity contribution in [2.75, 3.05) is 27.2 Å². The van der Waals surface area contributed by atoms with E-state index in [1.807, 2.05) is 30.8 Å². The molecule has 0 aliphatic carbocycles. The lowest BCUT2D eigenvalue weighted by Crippen LogP contribution is -2.44. The van der Waals surface area contributed by atoms with Crippen molar-refractivity contribution in [3.05, 3.63) is 38.5 Å². The minimum absolute atomic E-state index is 0. The lowest BCUT2D eigenvalue weighted by Gasteiger charge is -2.39. The third-order valence-electron chi connectivity index (χ3n) is 4.86. The van der Waals surface area contributed by atoms with Crippen LogP contribution in [-0.4, -0.2) is 43.0 Å². The van der Waals surface area contributed by atoms with E-state index in [-0.39, 0.29) is 24.0 Å². The molecule has 8 heteroatoms. The van der Waals surface area contributed by atoms with Crippen molar-refractivity contribution in [3.8, 4) is 0 Å². The molecule has 1 fully saturated rings. The van der Waals surface area contributed by atoms with E-state index in [2.05, 4.69) is 50.1 Å². The molecule has 5 nitrogen and oxygen atoms in total. The molecular weight excluding hydrogens is 477 g/mol. The summed E-state index contributed by atoms with van der Waals surface area (Å²) in [7, 11) is 4.08. The van der Waals surface area contributed by atoms with Crippen molar-refractivity contribution < 1.29 is 0 Å². The van der Waals surface area contributed by atoms with E-state index < -0.39 is 0 Å². The van der Waals surface area contributed by atoms with E-state index in [0.29, 0.717) is 12.0 Å². The molecule has 1 aliphatic heterocycles. The Labute approximate surface area is 181 Å². The van der Waals surface area contributed by atoms with Gasteiger partial charge in [0.05, 0.1) is 17.7 Å². The smallest absolute Gasteiger partial charge is 0.191 e. The molecule has 0 aromatic carbocycles. The zero-order chi connectivity index (χ0) is 17.6. The van der Waals surface area contributed by atoms with Crippen molar-refractivity contribution in [3.63, 3.8) is 0 Å². The van der Waals surface area contributed by atoms with E-state index in [0.717, 1.165) is 24.7 Å². The van der Waals surface area contributed by atoms with Crippen LogP contribution < -0.4 is 10.6 Å². The van der Waals surface area contributed by atoms with Gasteiger partial charge in [-0.3, -0.25) is 9.89 Å². The first-order valence-corrected chi connectivity index (χ1v) is 10.5. The molecule has 0 spiro atoms. The number of aliphatic imine (C=N–C) groups is 1. The lowest BCUT2D eigenvalue weighted by molar-refractivity contribution is 0.125. The van der Waals surface area contributed by atoms with Gasteiger partial charge in [0, 0.05) is 29.4 Å². The quantitative estimate of drug-likeness (QED) is 0.368. The number of hydrogen-bond acceptors (Lipinski definition) is 5. The standard InChI is InChI=1S/C18H27N5S2.HI/c1-13-16(25-12-22-13)11-21-18(19-2)20-10-14-6-4-8-23(3)17(14)15-7-5-9-24-15;/h5,7,9,12,14,17H,4,6,8,10-11H2,1-3H3,(H2,19,20,21);1H. The highest BCUT2D eigenvalue weighted by Gasteiger charge is 2.31. The normalized spacial score (nSPS) is 21.3. The lowest BCUT2D eigenvalue weighted by atomic mass is 9.88. The van der Waals surface area contributed by atoms with E-state index in [1.54, 1.807) is 11.3 Å². The van der Waals surface area contributed by atoms with Crippen LogP contribution in [0.25, 0.3) is 0 Å². The Morgan fingerprint density at radius 2 is 2.23 bits per heavy atom. The Kier molecular flexibility index (Phi) is 8.78. The Bertz CT molecular complexity index is 686. The number of thiazole rings is 1. The first-order chi connectivity index (χ1) is 12.2. The summed E-state index contributed by atoms with van der Waals surface area (Å²) in [6.07, 6.45) is 2.52. The fourth-order valence-corrected chi connectivity index (χ4v) is 5.19. The highest BCUT2D eigenvalue weighted by atomic mass is 127. The van der Waals surface area contributed by atoms with Gasteiger partial charge >= 0.3 is 0 Å². The summed E-state index contributed by atoms with van der Waals surface area (Å²) in [6.45, 7) is 4.94. The largest absolute Gasteiger partial charge is 0.356 e. The molecule has 0 saturated carbocycles. The Balaban J connectivity index is 0.00000243. The van der Waals surface area contributed by atoms with E-state index in [1.165, 1.54) is 29.1 Å². The molecule has 3 rings (SSSR count). The Hall–Kier alpha value is -0.710. The van der Waals surface area contributed by atoms with Gasteiger partial charge in [-0.1, -0.05) is 6.07 Å². The van der Waals surface area contributed by atoms with Gasteiger partial charge in [-0.05, 0) is 50.7 Å². The first-order valence-electron chi connectivity index (χ1n) is 8.76. The predicted molar refractivity (Wildman–Crippen MR) is 123 cm³/mol. The minimum atomic E-state index is 0. The first kappa shape index (κ1) is 21.6. The molecule has 1 aliphatic rings. The number of nitrogens with one attached hydrogen (secondary N) is 2. The van der Waals surface area contributed by atoms with Gasteiger partial charge in [-0.25, -0.2) is 4.98 Å². The summed E-state index contributed by atoms with van der Waals surface area (Å²) in [5.74, 6) is 1.46. The van der Waals surface area contributed by atoms with Gasteiger partial charge in [0.1, 0.15) is 0 Å². The molecule has 0 radical (unpaired) electrons. The molecule has 1 saturated heterocycles. The summed E-state index contributed by atoms with van der Waals surface area (Å²) < 4.78 is 0. The van der Waals surface area contributed by atoms with E-state index in [9.17, 15) is 0 Å². The van der Waals surface area contributed by atoms with Crippen LogP contribution in [0.5, 0.6) is 0 Å². The predicted octanol–water partition coefficient (Wildman–Crippen LogP) is 3.88. The average Bonchev–Trinajstić information content (AvgIpc) is 3.27. The van der Waals surface area contributed by atoms with E-state index >= 15 is 0 Å². The zero-order valence-electron chi connectivity index (χ0n) is 15.6. The van der Waals surface area contributed by atoms with Gasteiger partial charge in [-0.2, -0.15) is 0 Å². The number of halogens is 1. The summed E-state index contributed by atoms with van der Waals surface area (Å²) in [6, 6.07) is 4.93. The summed E-state index contributed by atoms with van der Waals surface area (Å²) in [5.41, 5.74) is 2.99. The fraction of sp³-hybridized carbons (Fsp3) is 0.556. The zero-order valence-corrected chi connectivity index (χ0v) is 19.5. The second-order valence-electron chi connectivity index (χ2n) is 6.51. The topological polar surface area (TPSA) is 52.6 Å². The highest BCUT2D eigenvalue weighted by Crippen LogP contribution is 2.36. The summed E-state index contributed by atoms with van der Waals surface area (Å²) >= 11 is 3.55. The SMILES string of the molecule is CN=C(NCc1scnc1C)NCC1CCCN(C)C1c1cccs1.I. The monoisotopic (exact) mass is 505 g/mol. The average molecular weight is 505 g/mol. The molecule has 2 unspecified atom stereocenters. The number of aryl methyl sites for hydroxylation is 1. The Morgan fingerprint density at radius 3 is 2.88 bits per heavy atom. The van der Waals surface area contributed by atoms with Crippen molar-refractivity contribution in [2.24, 2.45) is 10.9 Å². The highest BCUT2D eigenvalue weighted by molar-refractivity contribution is 14.0. The number of rotatable bonds is 5. The number of likely N-dealkylation sites (tertiary alicyclic amines) is 1. The van der Waals surface area contributed by atoms with Crippen LogP contribution in [0.15, 0.2) is 28.0 Å². The van der Waals surface area contributed by atoms with Crippen LogP contribution in [0, 0.1) is 12.8 Å². The molecular formula is C18H28IN5S2. The maximum absolute atomic E-state index is 4.38. The fourth-order valence-electron chi connectivity index (χ4n) is 3.49. The van der Waals surface area contributed by atoms with Crippen LogP contribution in [-0.2, 0) is 6.54 Å². The maximum atomic E-state index is 4.38. The third-order valence-corrected chi connectivity index (χ3v) is 6.74. The third kappa shape index (κ3) is 5.40. The molecule has 2 N–H and O–H groups in total. The van der Waals surface area contributed by atoms with Crippen molar-refractivity contribution in [1.29, 1.82) is 0 Å². The molecule has 144 valence electrons. The van der Waals surface area contributed by atoms with Gasteiger partial charge in [0.2, 0.25) is 0 Å². The van der Waals surface area contributed by atoms with Gasteiger partial charge in [0.15, 0.2) is 5.96 Å². The van der Waals surface area contributed by atoms with Crippen molar-refractivity contribution in [2.45, 2.75) is 32.4 Å².